The Balaban J connectivity index is 1.75. The van der Waals surface area contributed by atoms with Gasteiger partial charge in [-0.1, -0.05) is 43.3 Å². The fourth-order valence-electron chi connectivity index (χ4n) is 2.65. The zero-order valence-corrected chi connectivity index (χ0v) is 15.6. The van der Waals surface area contributed by atoms with Crippen LogP contribution in [-0.2, 0) is 0 Å². The maximum atomic E-state index is 12.4. The molecule has 0 fully saturated rings. The minimum Gasteiger partial charge on any atom is -0.361 e. The summed E-state index contributed by atoms with van der Waals surface area (Å²) in [4.78, 5) is 16.9. The molecule has 0 saturated carbocycles. The summed E-state index contributed by atoms with van der Waals surface area (Å²) in [7, 11) is 0. The number of thiazole rings is 1. The van der Waals surface area contributed by atoms with Crippen molar-refractivity contribution < 1.29 is 9.32 Å². The number of amides is 1. The molecule has 25 heavy (non-hydrogen) atoms. The first kappa shape index (κ1) is 17.4. The average molecular weight is 355 g/mol. The first-order valence-electron chi connectivity index (χ1n) is 8.29. The third-order valence-electron chi connectivity index (χ3n) is 4.37. The lowest BCUT2D eigenvalue weighted by molar-refractivity contribution is 0.102. The summed E-state index contributed by atoms with van der Waals surface area (Å²) >= 11 is 1.40. The number of nitrogens with one attached hydrogen (secondary N) is 1. The molecule has 0 saturated heterocycles. The van der Waals surface area contributed by atoms with Crippen LogP contribution in [0.1, 0.15) is 53.6 Å². The number of aromatic nitrogens is 2. The second-order valence-corrected chi connectivity index (χ2v) is 6.98. The second-order valence-electron chi connectivity index (χ2n) is 6.12. The summed E-state index contributed by atoms with van der Waals surface area (Å²) in [5.74, 6) is 0.811. The Morgan fingerprint density at radius 2 is 2.00 bits per heavy atom. The van der Waals surface area contributed by atoms with Gasteiger partial charge in [0.1, 0.15) is 11.3 Å². The Hall–Kier alpha value is -2.47. The lowest BCUT2D eigenvalue weighted by atomic mass is 9.97. The van der Waals surface area contributed by atoms with E-state index in [0.717, 1.165) is 17.7 Å². The summed E-state index contributed by atoms with van der Waals surface area (Å²) in [5.41, 5.74) is 4.27. The first-order chi connectivity index (χ1) is 12.0. The van der Waals surface area contributed by atoms with Crippen LogP contribution in [0, 0.1) is 13.8 Å². The van der Waals surface area contributed by atoms with E-state index in [1.807, 2.05) is 5.38 Å². The van der Waals surface area contributed by atoms with Crippen LogP contribution in [0.4, 0.5) is 5.13 Å². The number of hydrogen-bond donors (Lipinski definition) is 1. The number of benzene rings is 1. The van der Waals surface area contributed by atoms with Crippen molar-refractivity contribution in [1.29, 1.82) is 0 Å². The van der Waals surface area contributed by atoms with Gasteiger partial charge in [0, 0.05) is 10.9 Å². The summed E-state index contributed by atoms with van der Waals surface area (Å²) in [6.07, 6.45) is 1.12. The monoisotopic (exact) mass is 355 g/mol. The van der Waals surface area contributed by atoms with E-state index in [4.69, 9.17) is 4.52 Å². The van der Waals surface area contributed by atoms with Crippen molar-refractivity contribution in [3.8, 4) is 11.3 Å². The Labute approximate surface area is 151 Å². The molecule has 130 valence electrons. The molecule has 0 aliphatic rings. The smallest absolute Gasteiger partial charge is 0.262 e. The number of carbonyl (C=O) groups excluding carboxylic acids is 1. The number of nitrogens with zero attached hydrogens (tertiary/aromatic N) is 2. The highest BCUT2D eigenvalue weighted by Crippen LogP contribution is 2.27. The van der Waals surface area contributed by atoms with Gasteiger partial charge >= 0.3 is 0 Å². The van der Waals surface area contributed by atoms with Crippen molar-refractivity contribution in [2.24, 2.45) is 0 Å². The summed E-state index contributed by atoms with van der Waals surface area (Å²) in [5, 5.41) is 9.14. The fourth-order valence-corrected chi connectivity index (χ4v) is 3.36. The highest BCUT2D eigenvalue weighted by atomic mass is 32.1. The van der Waals surface area contributed by atoms with E-state index in [2.05, 4.69) is 53.6 Å². The van der Waals surface area contributed by atoms with Crippen molar-refractivity contribution in [2.75, 3.05) is 5.32 Å². The molecule has 0 spiro atoms. The van der Waals surface area contributed by atoms with Crippen LogP contribution in [-0.4, -0.2) is 16.0 Å². The Kier molecular flexibility index (Phi) is 4.99. The topological polar surface area (TPSA) is 68.0 Å². The van der Waals surface area contributed by atoms with Crippen molar-refractivity contribution in [3.63, 3.8) is 0 Å². The fraction of sp³-hybridized carbons (Fsp3) is 0.316. The van der Waals surface area contributed by atoms with Crippen molar-refractivity contribution in [2.45, 2.75) is 40.0 Å². The van der Waals surface area contributed by atoms with Gasteiger partial charge in [0.2, 0.25) is 0 Å². The molecule has 0 unspecified atom stereocenters. The van der Waals surface area contributed by atoms with Gasteiger partial charge in [-0.3, -0.25) is 10.1 Å². The summed E-state index contributed by atoms with van der Waals surface area (Å²) in [6.45, 7) is 7.88. The predicted molar refractivity (Wildman–Crippen MR) is 100 cm³/mol. The lowest BCUT2D eigenvalue weighted by Gasteiger charge is -2.08. The van der Waals surface area contributed by atoms with Crippen LogP contribution in [0.5, 0.6) is 0 Å². The molecule has 1 amide bonds. The molecule has 0 aliphatic carbocycles. The molecular weight excluding hydrogens is 334 g/mol. The van der Waals surface area contributed by atoms with Crippen molar-refractivity contribution in [1.82, 2.24) is 10.1 Å². The van der Waals surface area contributed by atoms with Crippen LogP contribution in [0.3, 0.4) is 0 Å². The van der Waals surface area contributed by atoms with Gasteiger partial charge < -0.3 is 4.52 Å². The third kappa shape index (κ3) is 3.64. The van der Waals surface area contributed by atoms with E-state index in [1.165, 1.54) is 16.9 Å². The second kappa shape index (κ2) is 7.19. The maximum absolute atomic E-state index is 12.4. The molecule has 1 aromatic carbocycles. The van der Waals surface area contributed by atoms with E-state index in [1.54, 1.807) is 13.8 Å². The number of anilines is 1. The molecule has 0 radical (unpaired) electrons. The van der Waals surface area contributed by atoms with Crippen LogP contribution >= 0.6 is 11.3 Å². The van der Waals surface area contributed by atoms with Gasteiger partial charge in [0.05, 0.1) is 11.4 Å². The Bertz CT molecular complexity index is 861. The normalized spacial score (nSPS) is 12.2. The molecule has 6 heteroatoms. The zero-order chi connectivity index (χ0) is 18.0. The highest BCUT2D eigenvalue weighted by molar-refractivity contribution is 7.14. The molecular formula is C19H21N3O2S. The van der Waals surface area contributed by atoms with E-state index in [-0.39, 0.29) is 5.91 Å². The predicted octanol–water partition coefficient (Wildman–Crippen LogP) is 5.18. The minimum atomic E-state index is -0.246. The zero-order valence-electron chi connectivity index (χ0n) is 14.8. The molecule has 2 aromatic heterocycles. The number of aryl methyl sites for hydroxylation is 2. The molecule has 5 nitrogen and oxygen atoms in total. The molecule has 2 heterocycles. The van der Waals surface area contributed by atoms with Gasteiger partial charge in [-0.05, 0) is 31.7 Å². The molecule has 0 bridgehead atoms. The van der Waals surface area contributed by atoms with Gasteiger partial charge in [-0.15, -0.1) is 11.3 Å². The largest absolute Gasteiger partial charge is 0.361 e. The maximum Gasteiger partial charge on any atom is 0.262 e. The molecule has 3 rings (SSSR count). The number of carbonyl (C=O) groups is 1. The SMILES string of the molecule is CC[C@H](C)c1ccc(-c2csc(NC(=O)c3c(C)noc3C)n2)cc1. The standard InChI is InChI=1S/C19H21N3O2S/c1-5-11(2)14-6-8-15(9-7-14)16-10-25-19(20-16)21-18(23)17-12(3)22-24-13(17)4/h6-11H,5H2,1-4H3,(H,20,21,23)/t11-/m0/s1. The van der Waals surface area contributed by atoms with Gasteiger partial charge in [0.15, 0.2) is 5.13 Å². The minimum absolute atomic E-state index is 0.246. The Morgan fingerprint density at radius 1 is 1.28 bits per heavy atom. The number of rotatable bonds is 5. The van der Waals surface area contributed by atoms with Crippen molar-refractivity contribution >= 4 is 22.4 Å². The Morgan fingerprint density at radius 3 is 2.60 bits per heavy atom. The average Bonchev–Trinajstić information content (AvgIpc) is 3.20. The van der Waals surface area contributed by atoms with E-state index in [0.29, 0.717) is 28.1 Å². The molecule has 3 aromatic rings. The van der Waals surface area contributed by atoms with Crippen LogP contribution in [0.2, 0.25) is 0 Å². The summed E-state index contributed by atoms with van der Waals surface area (Å²) < 4.78 is 5.04. The third-order valence-corrected chi connectivity index (χ3v) is 5.13. The van der Waals surface area contributed by atoms with Gasteiger partial charge in [0.25, 0.3) is 5.91 Å². The van der Waals surface area contributed by atoms with Crippen LogP contribution < -0.4 is 5.32 Å². The number of hydrogen-bond acceptors (Lipinski definition) is 5. The van der Waals surface area contributed by atoms with Crippen LogP contribution in [0.25, 0.3) is 11.3 Å². The highest BCUT2D eigenvalue weighted by Gasteiger charge is 2.18. The van der Waals surface area contributed by atoms with Crippen molar-refractivity contribution in [3.05, 3.63) is 52.2 Å². The summed E-state index contributed by atoms with van der Waals surface area (Å²) in [6, 6.07) is 8.45. The molecule has 1 atom stereocenters. The molecule has 1 N–H and O–H groups in total. The van der Waals surface area contributed by atoms with E-state index < -0.39 is 0 Å². The quantitative estimate of drug-likeness (QED) is 0.684. The van der Waals surface area contributed by atoms with Gasteiger partial charge in [-0.2, -0.15) is 0 Å². The van der Waals surface area contributed by atoms with Crippen LogP contribution in [0.15, 0.2) is 34.2 Å². The van der Waals surface area contributed by atoms with E-state index in [9.17, 15) is 4.79 Å². The van der Waals surface area contributed by atoms with E-state index >= 15 is 0 Å². The first-order valence-corrected chi connectivity index (χ1v) is 9.17. The molecule has 0 aliphatic heterocycles. The lowest BCUT2D eigenvalue weighted by Crippen LogP contribution is -2.13. The van der Waals surface area contributed by atoms with Gasteiger partial charge in [-0.25, -0.2) is 4.98 Å².